The predicted octanol–water partition coefficient (Wildman–Crippen LogP) is 4.45. The van der Waals surface area contributed by atoms with Gasteiger partial charge in [-0.15, -0.1) is 0 Å². The molecule has 0 radical (unpaired) electrons. The molecule has 27 heavy (non-hydrogen) atoms. The van der Waals surface area contributed by atoms with E-state index in [4.69, 9.17) is 14.7 Å². The second-order valence-electron chi connectivity index (χ2n) is 6.15. The van der Waals surface area contributed by atoms with Gasteiger partial charge in [-0.3, -0.25) is 4.79 Å². The topological polar surface area (TPSA) is 66.5 Å². The molecule has 1 atom stereocenters. The Kier molecular flexibility index (Phi) is 6.08. The molecule has 3 aromatic rings. The molecule has 0 bridgehead atoms. The lowest BCUT2D eigenvalue weighted by Crippen LogP contribution is -2.11. The van der Waals surface area contributed by atoms with Crippen LogP contribution in [0.3, 0.4) is 0 Å². The molecule has 1 heterocycles. The van der Waals surface area contributed by atoms with Crippen LogP contribution < -0.4 is 5.73 Å². The standard InChI is InChI=1S/C21H22N2O3S/c1-15(18-12-23(2)19-11-7-6-10-17(18)19)25-21(22)20(13-24)26-27-14-16-8-4-3-5-9-16/h3-13,15H,14,22H2,1-2H3/b21-20+. The van der Waals surface area contributed by atoms with E-state index in [1.807, 2.05) is 79.3 Å². The molecular formula is C21H22N2O3S. The fraction of sp³-hybridized carbons (Fsp3) is 0.190. The quantitative estimate of drug-likeness (QED) is 0.270. The number of rotatable bonds is 8. The largest absolute Gasteiger partial charge is 0.469 e. The highest BCUT2D eigenvalue weighted by atomic mass is 32.2. The van der Waals surface area contributed by atoms with Crippen molar-refractivity contribution in [3.63, 3.8) is 0 Å². The normalized spacial score (nSPS) is 13.1. The van der Waals surface area contributed by atoms with Crippen LogP contribution in [0, 0.1) is 0 Å². The predicted molar refractivity (Wildman–Crippen MR) is 109 cm³/mol. The summed E-state index contributed by atoms with van der Waals surface area (Å²) in [4.78, 5) is 11.4. The van der Waals surface area contributed by atoms with Crippen molar-refractivity contribution in [2.75, 3.05) is 0 Å². The van der Waals surface area contributed by atoms with Gasteiger partial charge in [-0.05, 0) is 18.6 Å². The molecule has 2 N–H and O–H groups in total. The highest BCUT2D eigenvalue weighted by Gasteiger charge is 2.17. The Morgan fingerprint density at radius 1 is 1.19 bits per heavy atom. The van der Waals surface area contributed by atoms with Crippen LogP contribution in [-0.4, -0.2) is 10.9 Å². The smallest absolute Gasteiger partial charge is 0.236 e. The average molecular weight is 382 g/mol. The number of fused-ring (bicyclic) bond motifs is 1. The number of nitrogens with two attached hydrogens (primary N) is 1. The van der Waals surface area contributed by atoms with Gasteiger partial charge in [0.2, 0.25) is 11.6 Å². The summed E-state index contributed by atoms with van der Waals surface area (Å²) in [7, 11) is 1.98. The van der Waals surface area contributed by atoms with E-state index in [-0.39, 0.29) is 17.7 Å². The van der Waals surface area contributed by atoms with Crippen molar-refractivity contribution in [2.24, 2.45) is 12.8 Å². The van der Waals surface area contributed by atoms with Crippen molar-refractivity contribution >= 4 is 29.2 Å². The van der Waals surface area contributed by atoms with Gasteiger partial charge in [-0.25, -0.2) is 0 Å². The Bertz CT molecular complexity index is 950. The average Bonchev–Trinajstić information content (AvgIpc) is 3.03. The van der Waals surface area contributed by atoms with Gasteiger partial charge in [-0.2, -0.15) is 0 Å². The Morgan fingerprint density at radius 3 is 2.63 bits per heavy atom. The fourth-order valence-corrected chi connectivity index (χ4v) is 3.50. The van der Waals surface area contributed by atoms with Crippen molar-refractivity contribution < 1.29 is 13.7 Å². The highest BCUT2D eigenvalue weighted by molar-refractivity contribution is 7.94. The lowest BCUT2D eigenvalue weighted by molar-refractivity contribution is -0.106. The van der Waals surface area contributed by atoms with Crippen molar-refractivity contribution in [2.45, 2.75) is 18.8 Å². The molecule has 0 fully saturated rings. The number of hydrogen-bond acceptors (Lipinski definition) is 5. The van der Waals surface area contributed by atoms with E-state index in [2.05, 4.69) is 0 Å². The number of allylic oxidation sites excluding steroid dienone is 1. The molecule has 0 spiro atoms. The minimum atomic E-state index is -0.325. The first-order valence-corrected chi connectivity index (χ1v) is 9.50. The number of ether oxygens (including phenoxy) is 1. The Hall–Kier alpha value is -2.86. The van der Waals surface area contributed by atoms with E-state index in [1.165, 1.54) is 0 Å². The summed E-state index contributed by atoms with van der Waals surface area (Å²) >= 11 is 1.14. The van der Waals surface area contributed by atoms with Crippen LogP contribution in [0.2, 0.25) is 0 Å². The first kappa shape index (κ1) is 18.9. The number of nitrogens with zero attached hydrogens (tertiary/aromatic N) is 1. The number of hydrogen-bond donors (Lipinski definition) is 1. The maximum atomic E-state index is 11.4. The molecule has 0 saturated heterocycles. The molecule has 140 valence electrons. The zero-order valence-corrected chi connectivity index (χ0v) is 16.1. The summed E-state index contributed by atoms with van der Waals surface area (Å²) in [6.45, 7) is 1.90. The summed E-state index contributed by atoms with van der Waals surface area (Å²) in [5, 5.41) is 1.09. The van der Waals surface area contributed by atoms with Gasteiger partial charge in [0.25, 0.3) is 0 Å². The number of para-hydroxylation sites is 1. The molecule has 5 nitrogen and oxygen atoms in total. The van der Waals surface area contributed by atoms with Gasteiger partial charge >= 0.3 is 0 Å². The summed E-state index contributed by atoms with van der Waals surface area (Å²) in [6.07, 6.45) is 2.26. The van der Waals surface area contributed by atoms with Crippen LogP contribution in [0.15, 0.2) is 72.4 Å². The maximum Gasteiger partial charge on any atom is 0.236 e. The molecule has 3 rings (SSSR count). The second-order valence-corrected chi connectivity index (χ2v) is 6.84. The molecular weight excluding hydrogens is 360 g/mol. The van der Waals surface area contributed by atoms with Crippen molar-refractivity contribution in [1.82, 2.24) is 4.57 Å². The number of aldehydes is 1. The van der Waals surface area contributed by atoms with Crippen LogP contribution in [0.1, 0.15) is 24.2 Å². The van der Waals surface area contributed by atoms with Crippen LogP contribution in [0.4, 0.5) is 0 Å². The van der Waals surface area contributed by atoms with E-state index < -0.39 is 0 Å². The first-order chi connectivity index (χ1) is 13.1. The van der Waals surface area contributed by atoms with Gasteiger partial charge in [-0.1, -0.05) is 48.5 Å². The molecule has 0 aliphatic rings. The number of aromatic nitrogens is 1. The number of carbonyl (C=O) groups excluding carboxylic acids is 1. The SMILES string of the molecule is CC(O/C(N)=C(\C=O)OSCc1ccccc1)c1cn(C)c2ccccc12. The third kappa shape index (κ3) is 4.46. The summed E-state index contributed by atoms with van der Waals surface area (Å²) in [5.41, 5.74) is 9.18. The second kappa shape index (κ2) is 8.68. The first-order valence-electron chi connectivity index (χ1n) is 8.59. The number of benzene rings is 2. The van der Waals surface area contributed by atoms with Crippen LogP contribution in [0.5, 0.6) is 0 Å². The third-order valence-corrected chi connectivity index (χ3v) is 4.99. The molecule has 0 saturated carbocycles. The van der Waals surface area contributed by atoms with E-state index in [0.29, 0.717) is 12.0 Å². The van der Waals surface area contributed by atoms with Crippen molar-refractivity contribution in [3.8, 4) is 0 Å². The molecule has 1 aromatic heterocycles. The van der Waals surface area contributed by atoms with Crippen molar-refractivity contribution in [3.05, 3.63) is 83.6 Å². The lowest BCUT2D eigenvalue weighted by atomic mass is 10.1. The Labute approximate surface area is 163 Å². The number of aryl methyl sites for hydroxylation is 1. The maximum absolute atomic E-state index is 11.4. The summed E-state index contributed by atoms with van der Waals surface area (Å²) in [6, 6.07) is 17.9. The van der Waals surface area contributed by atoms with Gasteiger partial charge in [0.15, 0.2) is 6.29 Å². The Morgan fingerprint density at radius 2 is 1.89 bits per heavy atom. The van der Waals surface area contributed by atoms with Crippen LogP contribution >= 0.6 is 12.0 Å². The Balaban J connectivity index is 1.68. The monoisotopic (exact) mass is 382 g/mol. The lowest BCUT2D eigenvalue weighted by Gasteiger charge is -2.15. The molecule has 0 aliphatic carbocycles. The molecule has 1 unspecified atom stereocenters. The minimum absolute atomic E-state index is 0.0111. The van der Waals surface area contributed by atoms with Crippen molar-refractivity contribution in [1.29, 1.82) is 0 Å². The van der Waals surface area contributed by atoms with E-state index >= 15 is 0 Å². The number of carbonyl (C=O) groups is 1. The summed E-state index contributed by atoms with van der Waals surface area (Å²) < 4.78 is 13.3. The van der Waals surface area contributed by atoms with Gasteiger partial charge < -0.3 is 19.2 Å². The fourth-order valence-electron chi connectivity index (χ4n) is 2.86. The van der Waals surface area contributed by atoms with Gasteiger partial charge in [0.1, 0.15) is 6.10 Å². The molecule has 2 aromatic carbocycles. The van der Waals surface area contributed by atoms with Crippen LogP contribution in [-0.2, 0) is 26.5 Å². The summed E-state index contributed by atoms with van der Waals surface area (Å²) in [5.74, 6) is 0.568. The molecule has 6 heteroatoms. The van der Waals surface area contributed by atoms with E-state index in [1.54, 1.807) is 0 Å². The van der Waals surface area contributed by atoms with Gasteiger partial charge in [0, 0.05) is 29.7 Å². The molecule has 0 aliphatic heterocycles. The minimum Gasteiger partial charge on any atom is -0.469 e. The molecule has 0 amide bonds. The van der Waals surface area contributed by atoms with Gasteiger partial charge in [0.05, 0.1) is 17.8 Å². The van der Waals surface area contributed by atoms with E-state index in [9.17, 15) is 4.79 Å². The zero-order chi connectivity index (χ0) is 19.2. The zero-order valence-electron chi connectivity index (χ0n) is 15.3. The van der Waals surface area contributed by atoms with E-state index in [0.717, 1.165) is 34.1 Å². The highest BCUT2D eigenvalue weighted by Crippen LogP contribution is 2.29. The van der Waals surface area contributed by atoms with Crippen LogP contribution in [0.25, 0.3) is 10.9 Å². The third-order valence-electron chi connectivity index (χ3n) is 4.24.